The van der Waals surface area contributed by atoms with E-state index < -0.39 is 0 Å². The van der Waals surface area contributed by atoms with Crippen molar-refractivity contribution in [2.45, 2.75) is 0 Å². The molecule has 0 fully saturated rings. The van der Waals surface area contributed by atoms with E-state index in [1.807, 2.05) is 37.4 Å². The van der Waals surface area contributed by atoms with Crippen LogP contribution >= 0.6 is 11.6 Å². The summed E-state index contributed by atoms with van der Waals surface area (Å²) in [6.45, 7) is 0.814. The van der Waals surface area contributed by atoms with E-state index in [4.69, 9.17) is 16.3 Å². The number of halogens is 1. The highest BCUT2D eigenvalue weighted by atomic mass is 35.5. The molecule has 0 saturated carbocycles. The van der Waals surface area contributed by atoms with Crippen molar-refractivity contribution in [3.63, 3.8) is 0 Å². The van der Waals surface area contributed by atoms with Gasteiger partial charge in [0.05, 0.1) is 12.1 Å². The highest BCUT2D eigenvalue weighted by Gasteiger charge is 2.02. The predicted molar refractivity (Wildman–Crippen MR) is 61.0 cm³/mol. The third-order valence-electron chi connectivity index (χ3n) is 1.84. The number of hydrogen-bond acceptors (Lipinski definition) is 2. The van der Waals surface area contributed by atoms with E-state index in [1.165, 1.54) is 0 Å². The van der Waals surface area contributed by atoms with Gasteiger partial charge < -0.3 is 10.1 Å². The Hall–Kier alpha value is -0.990. The van der Waals surface area contributed by atoms with Gasteiger partial charge in [-0.1, -0.05) is 29.8 Å². The van der Waals surface area contributed by atoms with Crippen LogP contribution in [0.2, 0.25) is 5.02 Å². The fraction of sp³-hybridized carbons (Fsp3) is 0.273. The van der Waals surface area contributed by atoms with Crippen LogP contribution in [-0.4, -0.2) is 20.7 Å². The largest absolute Gasteiger partial charge is 0.496 e. The molecule has 1 N–H and O–H groups in total. The van der Waals surface area contributed by atoms with Gasteiger partial charge in [-0.3, -0.25) is 0 Å². The number of nitrogens with one attached hydrogen (secondary N) is 1. The molecule has 0 radical (unpaired) electrons. The summed E-state index contributed by atoms with van der Waals surface area (Å²) in [6, 6.07) is 5.62. The van der Waals surface area contributed by atoms with Crippen LogP contribution in [0.15, 0.2) is 24.3 Å². The van der Waals surface area contributed by atoms with E-state index >= 15 is 0 Å². The van der Waals surface area contributed by atoms with E-state index in [0.29, 0.717) is 5.02 Å². The average Bonchev–Trinajstić information content (AvgIpc) is 2.20. The average molecular weight is 212 g/mol. The number of ether oxygens (including phenoxy) is 1. The van der Waals surface area contributed by atoms with Gasteiger partial charge in [0.1, 0.15) is 5.75 Å². The van der Waals surface area contributed by atoms with Crippen LogP contribution in [-0.2, 0) is 0 Å². The molecule has 0 aliphatic carbocycles. The molecule has 3 heteroatoms. The molecule has 0 saturated heterocycles. The van der Waals surface area contributed by atoms with E-state index in [1.54, 1.807) is 7.11 Å². The van der Waals surface area contributed by atoms with Crippen molar-refractivity contribution < 1.29 is 4.74 Å². The molecule has 76 valence electrons. The van der Waals surface area contributed by atoms with Crippen LogP contribution in [0.3, 0.4) is 0 Å². The molecule has 1 aromatic carbocycles. The molecule has 0 aliphatic heterocycles. The van der Waals surface area contributed by atoms with E-state index in [2.05, 4.69) is 5.32 Å². The van der Waals surface area contributed by atoms with Crippen molar-refractivity contribution in [2.75, 3.05) is 20.7 Å². The Morgan fingerprint density at radius 1 is 1.50 bits per heavy atom. The summed E-state index contributed by atoms with van der Waals surface area (Å²) in [5.74, 6) is 0.796. The third kappa shape index (κ3) is 2.76. The number of benzene rings is 1. The first kappa shape index (κ1) is 11.1. The van der Waals surface area contributed by atoms with Crippen LogP contribution in [0.4, 0.5) is 0 Å². The summed E-state index contributed by atoms with van der Waals surface area (Å²) in [5, 5.41) is 3.73. The van der Waals surface area contributed by atoms with Gasteiger partial charge in [0.2, 0.25) is 0 Å². The first-order valence-corrected chi connectivity index (χ1v) is 4.81. The summed E-state index contributed by atoms with van der Waals surface area (Å²) >= 11 is 6.04. The third-order valence-corrected chi connectivity index (χ3v) is 2.17. The van der Waals surface area contributed by atoms with Crippen LogP contribution < -0.4 is 10.1 Å². The van der Waals surface area contributed by atoms with Gasteiger partial charge in [-0.2, -0.15) is 0 Å². The highest BCUT2D eigenvalue weighted by Crippen LogP contribution is 2.27. The van der Waals surface area contributed by atoms with Gasteiger partial charge >= 0.3 is 0 Å². The lowest BCUT2D eigenvalue weighted by Crippen LogP contribution is -2.03. The molecule has 2 nitrogen and oxygen atoms in total. The lowest BCUT2D eigenvalue weighted by atomic mass is 10.2. The van der Waals surface area contributed by atoms with E-state index in [0.717, 1.165) is 17.9 Å². The fourth-order valence-corrected chi connectivity index (χ4v) is 1.38. The standard InChI is InChI=1S/C11H14ClNO/c1-13-8-4-5-9-10(12)6-3-7-11(9)14-2/h3-7,13H,8H2,1-2H3/b5-4+. The molecular formula is C11H14ClNO. The zero-order valence-electron chi connectivity index (χ0n) is 8.38. The Labute approximate surface area is 89.5 Å². The first-order valence-electron chi connectivity index (χ1n) is 4.43. The maximum absolute atomic E-state index is 6.04. The molecule has 0 bridgehead atoms. The molecule has 0 unspecified atom stereocenters. The Morgan fingerprint density at radius 3 is 2.93 bits per heavy atom. The summed E-state index contributed by atoms with van der Waals surface area (Å²) in [4.78, 5) is 0. The van der Waals surface area contributed by atoms with Crippen molar-refractivity contribution in [3.05, 3.63) is 34.9 Å². The number of methoxy groups -OCH3 is 1. The Morgan fingerprint density at radius 2 is 2.29 bits per heavy atom. The zero-order chi connectivity index (χ0) is 10.4. The minimum atomic E-state index is 0.705. The fourth-order valence-electron chi connectivity index (χ4n) is 1.15. The van der Waals surface area contributed by atoms with Crippen molar-refractivity contribution in [3.8, 4) is 5.75 Å². The zero-order valence-corrected chi connectivity index (χ0v) is 9.14. The Bertz CT molecular complexity index is 323. The van der Waals surface area contributed by atoms with E-state index in [9.17, 15) is 0 Å². The van der Waals surface area contributed by atoms with Crippen LogP contribution in [0.25, 0.3) is 6.08 Å². The topological polar surface area (TPSA) is 21.3 Å². The predicted octanol–water partition coefficient (Wildman–Crippen LogP) is 2.58. The molecule has 0 spiro atoms. The van der Waals surface area contributed by atoms with Gasteiger partial charge in [-0.05, 0) is 19.2 Å². The van der Waals surface area contributed by atoms with Gasteiger partial charge in [0.15, 0.2) is 0 Å². The molecule has 0 amide bonds. The Kier molecular flexibility index (Phi) is 4.50. The van der Waals surface area contributed by atoms with Crippen LogP contribution in [0, 0.1) is 0 Å². The molecule has 0 aliphatic rings. The second-order valence-corrected chi connectivity index (χ2v) is 3.22. The molecule has 0 aromatic heterocycles. The minimum Gasteiger partial charge on any atom is -0.496 e. The van der Waals surface area contributed by atoms with Gasteiger partial charge in [-0.15, -0.1) is 0 Å². The number of rotatable bonds is 4. The van der Waals surface area contributed by atoms with Gasteiger partial charge in [0.25, 0.3) is 0 Å². The first-order chi connectivity index (χ1) is 6.79. The second kappa shape index (κ2) is 5.68. The SMILES string of the molecule is CNC/C=C/c1c(Cl)cccc1OC. The van der Waals surface area contributed by atoms with Gasteiger partial charge in [0, 0.05) is 12.1 Å². The number of likely N-dealkylation sites (N-methyl/N-ethyl adjacent to an activating group) is 1. The molecule has 1 rings (SSSR count). The monoisotopic (exact) mass is 211 g/mol. The maximum atomic E-state index is 6.04. The quantitative estimate of drug-likeness (QED) is 0.827. The lowest BCUT2D eigenvalue weighted by molar-refractivity contribution is 0.414. The van der Waals surface area contributed by atoms with Gasteiger partial charge in [-0.25, -0.2) is 0 Å². The maximum Gasteiger partial charge on any atom is 0.127 e. The summed E-state index contributed by atoms with van der Waals surface area (Å²) in [5.41, 5.74) is 0.923. The van der Waals surface area contributed by atoms with Crippen molar-refractivity contribution in [1.29, 1.82) is 0 Å². The normalized spacial score (nSPS) is 10.8. The van der Waals surface area contributed by atoms with Crippen molar-refractivity contribution in [1.82, 2.24) is 5.32 Å². The number of hydrogen-bond donors (Lipinski definition) is 1. The van der Waals surface area contributed by atoms with Crippen LogP contribution in [0.5, 0.6) is 5.75 Å². The molecule has 0 atom stereocenters. The minimum absolute atomic E-state index is 0.705. The van der Waals surface area contributed by atoms with E-state index in [-0.39, 0.29) is 0 Å². The van der Waals surface area contributed by atoms with Crippen molar-refractivity contribution >= 4 is 17.7 Å². The molecule has 0 heterocycles. The smallest absolute Gasteiger partial charge is 0.127 e. The molecule has 14 heavy (non-hydrogen) atoms. The molecular weight excluding hydrogens is 198 g/mol. The highest BCUT2D eigenvalue weighted by molar-refractivity contribution is 6.32. The summed E-state index contributed by atoms with van der Waals surface area (Å²) in [6.07, 6.45) is 3.96. The molecule has 1 aromatic rings. The summed E-state index contributed by atoms with van der Waals surface area (Å²) < 4.78 is 5.20. The van der Waals surface area contributed by atoms with Crippen molar-refractivity contribution in [2.24, 2.45) is 0 Å². The Balaban J connectivity index is 2.93. The second-order valence-electron chi connectivity index (χ2n) is 2.82. The lowest BCUT2D eigenvalue weighted by Gasteiger charge is -2.05. The summed E-state index contributed by atoms with van der Waals surface area (Å²) in [7, 11) is 3.54. The van der Waals surface area contributed by atoms with Crippen LogP contribution in [0.1, 0.15) is 5.56 Å².